The van der Waals surface area contributed by atoms with E-state index >= 15 is 0 Å². The number of carbonyl (C=O) groups is 1. The van der Waals surface area contributed by atoms with Crippen molar-refractivity contribution in [1.82, 2.24) is 4.31 Å². The number of anilines is 2. The van der Waals surface area contributed by atoms with E-state index in [0.717, 1.165) is 0 Å². The van der Waals surface area contributed by atoms with Gasteiger partial charge in [-0.3, -0.25) is 4.79 Å². The van der Waals surface area contributed by atoms with Crippen LogP contribution in [0.4, 0.5) is 11.4 Å². The average molecular weight is 410 g/mol. The van der Waals surface area contributed by atoms with Gasteiger partial charge in [-0.2, -0.15) is 4.31 Å². The zero-order chi connectivity index (χ0) is 20.4. The Morgan fingerprint density at radius 3 is 2.30 bits per heavy atom. The van der Waals surface area contributed by atoms with Gasteiger partial charge >= 0.3 is 0 Å². The maximum Gasteiger partial charge on any atom is 0.255 e. The summed E-state index contributed by atoms with van der Waals surface area (Å²) in [7, 11) is 1.49. The van der Waals surface area contributed by atoms with Gasteiger partial charge in [0.05, 0.1) is 21.3 Å². The maximum absolute atomic E-state index is 12.7. The number of amides is 1. The molecule has 146 valence electrons. The van der Waals surface area contributed by atoms with Crippen LogP contribution in [-0.2, 0) is 10.0 Å². The monoisotopic (exact) mass is 409 g/mol. The highest BCUT2D eigenvalue weighted by atomic mass is 35.5. The minimum Gasteiger partial charge on any atom is -0.375 e. The summed E-state index contributed by atoms with van der Waals surface area (Å²) < 4.78 is 26.6. The van der Waals surface area contributed by atoms with Gasteiger partial charge in [0.15, 0.2) is 0 Å². The summed E-state index contributed by atoms with van der Waals surface area (Å²) in [5.74, 6) is -0.412. The van der Waals surface area contributed by atoms with Gasteiger partial charge in [-0.1, -0.05) is 23.7 Å². The van der Waals surface area contributed by atoms with Crippen LogP contribution < -0.4 is 10.2 Å². The number of hydrogen-bond donors (Lipinski definition) is 1. The van der Waals surface area contributed by atoms with Crippen LogP contribution in [0.5, 0.6) is 0 Å². The van der Waals surface area contributed by atoms with Crippen LogP contribution in [0.25, 0.3) is 0 Å². The van der Waals surface area contributed by atoms with E-state index in [4.69, 9.17) is 11.6 Å². The van der Waals surface area contributed by atoms with E-state index in [2.05, 4.69) is 5.32 Å². The van der Waals surface area contributed by atoms with E-state index in [-0.39, 0.29) is 16.5 Å². The van der Waals surface area contributed by atoms with E-state index in [1.165, 1.54) is 23.5 Å². The van der Waals surface area contributed by atoms with Gasteiger partial charge in [0.2, 0.25) is 10.0 Å². The van der Waals surface area contributed by atoms with Gasteiger partial charge in [-0.15, -0.1) is 0 Å². The summed E-state index contributed by atoms with van der Waals surface area (Å²) >= 11 is 6.23. The lowest BCUT2D eigenvalue weighted by molar-refractivity contribution is 0.102. The minimum absolute atomic E-state index is 0.0743. The van der Waals surface area contributed by atoms with Crippen molar-refractivity contribution in [3.8, 4) is 0 Å². The fourth-order valence-corrected chi connectivity index (χ4v) is 4.26. The molecule has 0 spiro atoms. The number of nitrogens with one attached hydrogen (secondary N) is 1. The Morgan fingerprint density at radius 2 is 1.70 bits per heavy atom. The summed E-state index contributed by atoms with van der Waals surface area (Å²) in [6.07, 6.45) is 0. The van der Waals surface area contributed by atoms with Crippen molar-refractivity contribution >= 4 is 38.9 Å². The van der Waals surface area contributed by atoms with Gasteiger partial charge in [0, 0.05) is 32.7 Å². The minimum atomic E-state index is -3.67. The number of nitrogens with zero attached hydrogens (tertiary/aromatic N) is 2. The molecule has 1 N–H and O–H groups in total. The molecule has 2 aromatic carbocycles. The van der Waals surface area contributed by atoms with Crippen LogP contribution in [0.1, 0.15) is 24.2 Å². The first-order chi connectivity index (χ1) is 12.6. The van der Waals surface area contributed by atoms with Crippen LogP contribution in [0.3, 0.4) is 0 Å². The number of hydrogen-bond acceptors (Lipinski definition) is 4. The van der Waals surface area contributed by atoms with Crippen molar-refractivity contribution in [2.75, 3.05) is 31.4 Å². The molecule has 27 heavy (non-hydrogen) atoms. The Morgan fingerprint density at radius 1 is 1.07 bits per heavy atom. The molecule has 0 aromatic heterocycles. The van der Waals surface area contributed by atoms with E-state index in [1.54, 1.807) is 49.1 Å². The molecule has 0 bridgehead atoms. The number of sulfonamides is 1. The van der Waals surface area contributed by atoms with E-state index < -0.39 is 15.9 Å². The van der Waals surface area contributed by atoms with Crippen LogP contribution in [0.2, 0.25) is 5.02 Å². The molecule has 0 saturated carbocycles. The fraction of sp³-hybridized carbons (Fsp3) is 0.316. The number of carbonyl (C=O) groups excluding carboxylic acids is 1. The predicted octanol–water partition coefficient (Wildman–Crippen LogP) is 3.69. The Hall–Kier alpha value is -2.09. The van der Waals surface area contributed by atoms with Gasteiger partial charge < -0.3 is 10.2 Å². The zero-order valence-electron chi connectivity index (χ0n) is 16.0. The normalized spacial score (nSPS) is 11.7. The molecule has 0 radical (unpaired) electrons. The van der Waals surface area contributed by atoms with E-state index in [1.807, 2.05) is 14.1 Å². The highest BCUT2D eigenvalue weighted by molar-refractivity contribution is 7.89. The first kappa shape index (κ1) is 21.2. The molecule has 1 amide bonds. The molecular weight excluding hydrogens is 386 g/mol. The van der Waals surface area contributed by atoms with Crippen molar-refractivity contribution in [3.63, 3.8) is 0 Å². The molecule has 0 saturated heterocycles. The third-order valence-electron chi connectivity index (χ3n) is 4.18. The highest BCUT2D eigenvalue weighted by Crippen LogP contribution is 2.32. The van der Waals surface area contributed by atoms with Crippen LogP contribution in [-0.4, -0.2) is 45.8 Å². The quantitative estimate of drug-likeness (QED) is 0.789. The second-order valence-corrected chi connectivity index (χ2v) is 9.03. The summed E-state index contributed by atoms with van der Waals surface area (Å²) in [5, 5.41) is 3.31. The zero-order valence-corrected chi connectivity index (χ0v) is 17.6. The van der Waals surface area contributed by atoms with Gasteiger partial charge in [0.25, 0.3) is 5.91 Å². The molecule has 0 atom stereocenters. The second-order valence-electron chi connectivity index (χ2n) is 6.63. The van der Waals surface area contributed by atoms with Crippen molar-refractivity contribution in [2.24, 2.45) is 0 Å². The van der Waals surface area contributed by atoms with Crippen molar-refractivity contribution < 1.29 is 13.2 Å². The van der Waals surface area contributed by atoms with Crippen LogP contribution in [0, 0.1) is 0 Å². The topological polar surface area (TPSA) is 69.7 Å². The Bertz CT molecular complexity index is 943. The maximum atomic E-state index is 12.7. The lowest BCUT2D eigenvalue weighted by Gasteiger charge is -2.21. The first-order valence-corrected chi connectivity index (χ1v) is 10.2. The van der Waals surface area contributed by atoms with Gasteiger partial charge in [-0.05, 0) is 44.2 Å². The highest BCUT2D eigenvalue weighted by Gasteiger charge is 2.24. The third-order valence-corrected chi connectivity index (χ3v) is 6.52. The number of rotatable bonds is 6. The number of benzene rings is 2. The van der Waals surface area contributed by atoms with E-state index in [0.29, 0.717) is 16.4 Å². The molecule has 0 aliphatic carbocycles. The molecule has 0 aliphatic heterocycles. The third kappa shape index (κ3) is 4.61. The van der Waals surface area contributed by atoms with Gasteiger partial charge in [0.1, 0.15) is 0 Å². The standard InChI is InChI=1S/C19H24ClN3O3S/c1-13(2)23(5)27(25,26)15-9-6-8-14(12-15)19(24)21-17-11-7-10-16(20)18(17)22(3)4/h6-13H,1-5H3,(H,21,24). The van der Waals surface area contributed by atoms with Crippen molar-refractivity contribution in [3.05, 3.63) is 53.1 Å². The lowest BCUT2D eigenvalue weighted by atomic mass is 10.2. The second kappa shape index (κ2) is 8.29. The van der Waals surface area contributed by atoms with Crippen molar-refractivity contribution in [1.29, 1.82) is 0 Å². The Balaban J connectivity index is 2.36. The molecule has 0 aliphatic rings. The number of para-hydroxylation sites is 1. The average Bonchev–Trinajstić information content (AvgIpc) is 2.60. The van der Waals surface area contributed by atoms with Crippen molar-refractivity contribution in [2.45, 2.75) is 24.8 Å². The molecule has 0 fully saturated rings. The van der Waals surface area contributed by atoms with E-state index in [9.17, 15) is 13.2 Å². The predicted molar refractivity (Wildman–Crippen MR) is 110 cm³/mol. The molecule has 6 nitrogen and oxygen atoms in total. The first-order valence-electron chi connectivity index (χ1n) is 8.41. The summed E-state index contributed by atoms with van der Waals surface area (Å²) in [6.45, 7) is 3.58. The molecule has 8 heteroatoms. The largest absolute Gasteiger partial charge is 0.375 e. The molecule has 2 aromatic rings. The summed E-state index contributed by atoms with van der Waals surface area (Å²) in [6, 6.07) is 11.0. The SMILES string of the molecule is CC(C)N(C)S(=O)(=O)c1cccc(C(=O)Nc2cccc(Cl)c2N(C)C)c1. The van der Waals surface area contributed by atoms with Gasteiger partial charge in [-0.25, -0.2) is 8.42 Å². The number of halogens is 1. The molecule has 0 unspecified atom stereocenters. The Labute approximate surface area is 165 Å². The molecule has 2 rings (SSSR count). The fourth-order valence-electron chi connectivity index (χ4n) is 2.51. The Kier molecular flexibility index (Phi) is 6.51. The smallest absolute Gasteiger partial charge is 0.255 e. The summed E-state index contributed by atoms with van der Waals surface area (Å²) in [4.78, 5) is 14.6. The molecule has 0 heterocycles. The molecular formula is C19H24ClN3O3S. The van der Waals surface area contributed by atoms with Crippen LogP contribution in [0.15, 0.2) is 47.4 Å². The van der Waals surface area contributed by atoms with Crippen LogP contribution >= 0.6 is 11.6 Å². The summed E-state index contributed by atoms with van der Waals surface area (Å²) in [5.41, 5.74) is 1.47. The lowest BCUT2D eigenvalue weighted by Crippen LogP contribution is -2.33.